The molecular formula is C17H13F4N3O. The van der Waals surface area contributed by atoms with E-state index < -0.39 is 23.5 Å². The maximum atomic E-state index is 12.9. The van der Waals surface area contributed by atoms with Crippen molar-refractivity contribution in [2.24, 2.45) is 0 Å². The molecule has 3 aromatic rings. The molecule has 0 spiro atoms. The van der Waals surface area contributed by atoms with Gasteiger partial charge in [0, 0.05) is 12.1 Å². The zero-order valence-electron chi connectivity index (χ0n) is 13.1. The average molecular weight is 351 g/mol. The Morgan fingerprint density at radius 2 is 1.84 bits per heavy atom. The van der Waals surface area contributed by atoms with Crippen LogP contribution in [0.3, 0.4) is 0 Å². The number of amides is 1. The summed E-state index contributed by atoms with van der Waals surface area (Å²) in [6.07, 6.45) is -4.47. The van der Waals surface area contributed by atoms with Crippen LogP contribution in [0.15, 0.2) is 42.5 Å². The number of hydrogen-bond acceptors (Lipinski definition) is 2. The second-order valence-corrected chi connectivity index (χ2v) is 5.34. The molecular weight excluding hydrogens is 338 g/mol. The van der Waals surface area contributed by atoms with Gasteiger partial charge in [-0.2, -0.15) is 13.2 Å². The highest BCUT2D eigenvalue weighted by Crippen LogP contribution is 2.32. The van der Waals surface area contributed by atoms with Crippen molar-refractivity contribution in [3.8, 4) is 0 Å². The highest BCUT2D eigenvalue weighted by Gasteiger charge is 2.31. The Balaban J connectivity index is 1.98. The van der Waals surface area contributed by atoms with Gasteiger partial charge in [0.05, 0.1) is 16.6 Å². The van der Waals surface area contributed by atoms with Gasteiger partial charge in [-0.3, -0.25) is 10.1 Å². The third kappa shape index (κ3) is 3.33. The lowest BCUT2D eigenvalue weighted by atomic mass is 10.2. The molecule has 25 heavy (non-hydrogen) atoms. The Labute approximate surface area is 140 Å². The van der Waals surface area contributed by atoms with Crippen LogP contribution in [-0.4, -0.2) is 15.5 Å². The zero-order valence-corrected chi connectivity index (χ0v) is 13.1. The number of fused-ring (bicyclic) bond motifs is 1. The van der Waals surface area contributed by atoms with Crippen molar-refractivity contribution in [3.63, 3.8) is 0 Å². The molecule has 0 radical (unpaired) electrons. The second kappa shape index (κ2) is 6.19. The molecule has 3 rings (SSSR count). The zero-order chi connectivity index (χ0) is 18.2. The van der Waals surface area contributed by atoms with Gasteiger partial charge in [0.15, 0.2) is 0 Å². The van der Waals surface area contributed by atoms with Gasteiger partial charge >= 0.3 is 6.18 Å². The molecule has 0 saturated heterocycles. The third-order valence-corrected chi connectivity index (χ3v) is 3.72. The first-order chi connectivity index (χ1) is 11.8. The van der Waals surface area contributed by atoms with Gasteiger partial charge in [-0.1, -0.05) is 0 Å². The van der Waals surface area contributed by atoms with Crippen LogP contribution in [0.25, 0.3) is 11.0 Å². The Morgan fingerprint density at radius 1 is 1.16 bits per heavy atom. The van der Waals surface area contributed by atoms with E-state index in [1.807, 2.05) is 0 Å². The molecule has 0 saturated carbocycles. The number of rotatable bonds is 3. The van der Waals surface area contributed by atoms with Crippen LogP contribution in [0.1, 0.15) is 22.8 Å². The number of anilines is 1. The van der Waals surface area contributed by atoms with Crippen LogP contribution in [-0.2, 0) is 12.7 Å². The van der Waals surface area contributed by atoms with E-state index in [1.165, 1.54) is 18.2 Å². The Morgan fingerprint density at radius 3 is 2.44 bits per heavy atom. The number of nitrogens with zero attached hydrogens (tertiary/aromatic N) is 2. The third-order valence-electron chi connectivity index (χ3n) is 3.72. The van der Waals surface area contributed by atoms with Crippen molar-refractivity contribution in [1.82, 2.24) is 9.55 Å². The van der Waals surface area contributed by atoms with E-state index in [2.05, 4.69) is 10.3 Å². The molecule has 8 heteroatoms. The van der Waals surface area contributed by atoms with Gasteiger partial charge in [-0.15, -0.1) is 0 Å². The van der Waals surface area contributed by atoms with Gasteiger partial charge in [0.25, 0.3) is 5.91 Å². The number of nitrogens with one attached hydrogen (secondary N) is 1. The topological polar surface area (TPSA) is 46.9 Å². The van der Waals surface area contributed by atoms with Gasteiger partial charge in [-0.25, -0.2) is 9.37 Å². The number of benzene rings is 2. The minimum atomic E-state index is -4.47. The number of imidazole rings is 1. The first-order valence-electron chi connectivity index (χ1n) is 7.44. The lowest BCUT2D eigenvalue weighted by molar-refractivity contribution is -0.137. The summed E-state index contributed by atoms with van der Waals surface area (Å²) in [6, 6.07) is 8.15. The maximum Gasteiger partial charge on any atom is 0.416 e. The normalized spacial score (nSPS) is 11.7. The molecule has 0 atom stereocenters. The van der Waals surface area contributed by atoms with E-state index in [4.69, 9.17) is 0 Å². The van der Waals surface area contributed by atoms with Crippen molar-refractivity contribution in [2.75, 3.05) is 5.32 Å². The van der Waals surface area contributed by atoms with Crippen LogP contribution >= 0.6 is 0 Å². The van der Waals surface area contributed by atoms with Crippen molar-refractivity contribution in [2.45, 2.75) is 19.6 Å². The molecule has 130 valence electrons. The van der Waals surface area contributed by atoms with Crippen LogP contribution in [0.2, 0.25) is 0 Å². The van der Waals surface area contributed by atoms with Crippen molar-refractivity contribution >= 4 is 22.9 Å². The molecule has 0 aliphatic carbocycles. The lowest BCUT2D eigenvalue weighted by Crippen LogP contribution is -2.15. The number of hydrogen-bond donors (Lipinski definition) is 1. The predicted molar refractivity (Wildman–Crippen MR) is 84.8 cm³/mol. The van der Waals surface area contributed by atoms with Gasteiger partial charge in [0.2, 0.25) is 5.95 Å². The molecule has 1 aromatic heterocycles. The molecule has 0 aliphatic rings. The van der Waals surface area contributed by atoms with Crippen molar-refractivity contribution < 1.29 is 22.4 Å². The Kier molecular flexibility index (Phi) is 4.20. The van der Waals surface area contributed by atoms with Gasteiger partial charge < -0.3 is 4.57 Å². The molecule has 0 bridgehead atoms. The fourth-order valence-corrected chi connectivity index (χ4v) is 2.50. The summed E-state index contributed by atoms with van der Waals surface area (Å²) in [5.74, 6) is -0.871. The monoisotopic (exact) mass is 351 g/mol. The summed E-state index contributed by atoms with van der Waals surface area (Å²) < 4.78 is 53.0. The van der Waals surface area contributed by atoms with Crippen LogP contribution in [0, 0.1) is 5.82 Å². The van der Waals surface area contributed by atoms with Crippen LogP contribution < -0.4 is 5.32 Å². The summed E-state index contributed by atoms with van der Waals surface area (Å²) in [7, 11) is 0. The average Bonchev–Trinajstić information content (AvgIpc) is 2.90. The molecule has 0 aliphatic heterocycles. The van der Waals surface area contributed by atoms with Crippen LogP contribution in [0.5, 0.6) is 0 Å². The smallest absolute Gasteiger partial charge is 0.310 e. The van der Waals surface area contributed by atoms with Crippen molar-refractivity contribution in [1.29, 1.82) is 0 Å². The first-order valence-corrected chi connectivity index (χ1v) is 7.44. The number of aryl methyl sites for hydroxylation is 1. The molecule has 1 heterocycles. The SMILES string of the molecule is CCn1c(NC(=O)c2ccc(F)cc2)nc2cc(C(F)(F)F)ccc21. The lowest BCUT2D eigenvalue weighted by Gasteiger charge is -2.08. The van der Waals surface area contributed by atoms with Crippen LogP contribution in [0.4, 0.5) is 23.5 Å². The quantitative estimate of drug-likeness (QED) is 0.708. The number of carbonyl (C=O) groups excluding carboxylic acids is 1. The van der Waals surface area contributed by atoms with Gasteiger partial charge in [0.1, 0.15) is 5.82 Å². The standard InChI is InChI=1S/C17H13F4N3O/c1-2-24-14-8-5-11(17(19,20)21)9-13(14)22-16(24)23-15(25)10-3-6-12(18)7-4-10/h3-9H,2H2,1H3,(H,22,23,25). The molecule has 0 fully saturated rings. The predicted octanol–water partition coefficient (Wildman–Crippen LogP) is 4.47. The number of alkyl halides is 3. The minimum Gasteiger partial charge on any atom is -0.310 e. The van der Waals surface area contributed by atoms with Crippen molar-refractivity contribution in [3.05, 3.63) is 59.4 Å². The summed E-state index contributed by atoms with van der Waals surface area (Å²) >= 11 is 0. The molecule has 1 amide bonds. The number of carbonyl (C=O) groups is 1. The molecule has 1 N–H and O–H groups in total. The number of aromatic nitrogens is 2. The molecule has 0 unspecified atom stereocenters. The van der Waals surface area contributed by atoms with E-state index in [0.717, 1.165) is 24.3 Å². The number of halogens is 4. The maximum absolute atomic E-state index is 12.9. The van der Waals surface area contributed by atoms with E-state index in [9.17, 15) is 22.4 Å². The van der Waals surface area contributed by atoms with Gasteiger partial charge in [-0.05, 0) is 49.4 Å². The van der Waals surface area contributed by atoms with E-state index in [1.54, 1.807) is 11.5 Å². The summed E-state index contributed by atoms with van der Waals surface area (Å²) in [4.78, 5) is 16.3. The fourth-order valence-electron chi connectivity index (χ4n) is 2.50. The van der Waals surface area contributed by atoms with E-state index >= 15 is 0 Å². The molecule has 4 nitrogen and oxygen atoms in total. The highest BCUT2D eigenvalue weighted by atomic mass is 19.4. The summed E-state index contributed by atoms with van der Waals surface area (Å²) in [5.41, 5.74) is 0.0141. The van der Waals surface area contributed by atoms with E-state index in [0.29, 0.717) is 12.1 Å². The first kappa shape index (κ1) is 16.9. The highest BCUT2D eigenvalue weighted by molar-refractivity contribution is 6.04. The minimum absolute atomic E-state index is 0.131. The summed E-state index contributed by atoms with van der Waals surface area (Å²) in [5, 5.41) is 2.55. The Bertz CT molecular complexity index is 929. The fraction of sp³-hybridized carbons (Fsp3) is 0.176. The summed E-state index contributed by atoms with van der Waals surface area (Å²) in [6.45, 7) is 2.19. The second-order valence-electron chi connectivity index (χ2n) is 5.34. The largest absolute Gasteiger partial charge is 0.416 e. The Hall–Kier alpha value is -2.90. The molecule has 2 aromatic carbocycles. The van der Waals surface area contributed by atoms with E-state index in [-0.39, 0.29) is 17.0 Å².